The van der Waals surface area contributed by atoms with Crippen molar-refractivity contribution in [3.05, 3.63) is 40.4 Å². The van der Waals surface area contributed by atoms with Gasteiger partial charge in [0.1, 0.15) is 0 Å². The number of nitrogens with zero attached hydrogens (tertiary/aromatic N) is 1. The third-order valence-corrected chi connectivity index (χ3v) is 3.83. The SMILES string of the molecule is O=[N+]([O-])c1cc2ccccc2[se]1. The maximum atomic E-state index is 10.4. The summed E-state index contributed by atoms with van der Waals surface area (Å²) in [4.78, 5) is 10.1. The van der Waals surface area contributed by atoms with Crippen LogP contribution in [0.15, 0.2) is 30.3 Å². The first-order chi connectivity index (χ1) is 5.77. The number of benzene rings is 1. The molecule has 0 amide bonds. The van der Waals surface area contributed by atoms with Crippen LogP contribution in [0.5, 0.6) is 0 Å². The van der Waals surface area contributed by atoms with Gasteiger partial charge in [-0.25, -0.2) is 0 Å². The van der Waals surface area contributed by atoms with E-state index in [1.54, 1.807) is 6.07 Å². The molecule has 1 aromatic heterocycles. The Morgan fingerprint density at radius 1 is 1.33 bits per heavy atom. The second-order valence-corrected chi connectivity index (χ2v) is 4.61. The van der Waals surface area contributed by atoms with Gasteiger partial charge in [-0.3, -0.25) is 0 Å². The summed E-state index contributed by atoms with van der Waals surface area (Å²) in [6, 6.07) is 9.33. The van der Waals surface area contributed by atoms with E-state index in [4.69, 9.17) is 0 Å². The van der Waals surface area contributed by atoms with E-state index >= 15 is 0 Å². The molecule has 0 aliphatic heterocycles. The number of nitro groups is 1. The molecular formula is C8H5NO2Se. The number of rotatable bonds is 1. The van der Waals surface area contributed by atoms with Gasteiger partial charge in [-0.15, -0.1) is 0 Å². The zero-order valence-corrected chi connectivity index (χ0v) is 7.77. The summed E-state index contributed by atoms with van der Waals surface area (Å²) >= 11 is -0.0971. The average Bonchev–Trinajstić information content (AvgIpc) is 2.46. The first-order valence-corrected chi connectivity index (χ1v) is 5.11. The van der Waals surface area contributed by atoms with Crippen LogP contribution in [0.2, 0.25) is 0 Å². The second kappa shape index (κ2) is 2.73. The van der Waals surface area contributed by atoms with E-state index < -0.39 is 0 Å². The molecule has 60 valence electrons. The Labute approximate surface area is 74.5 Å². The van der Waals surface area contributed by atoms with Crippen LogP contribution in [-0.4, -0.2) is 19.4 Å². The molecule has 1 heterocycles. The Bertz CT molecular complexity index is 402. The van der Waals surface area contributed by atoms with Gasteiger partial charge in [0.2, 0.25) is 0 Å². The van der Waals surface area contributed by atoms with E-state index in [9.17, 15) is 10.1 Å². The number of fused-ring (bicyclic) bond motifs is 1. The molecule has 0 spiro atoms. The summed E-state index contributed by atoms with van der Waals surface area (Å²) in [5, 5.41) is 11.4. The zero-order chi connectivity index (χ0) is 8.55. The van der Waals surface area contributed by atoms with Gasteiger partial charge in [-0.2, -0.15) is 0 Å². The molecule has 0 bridgehead atoms. The summed E-state index contributed by atoms with van der Waals surface area (Å²) in [7, 11) is 0. The first-order valence-electron chi connectivity index (χ1n) is 3.40. The Balaban J connectivity index is 2.70. The Morgan fingerprint density at radius 2 is 2.08 bits per heavy atom. The van der Waals surface area contributed by atoms with Crippen molar-refractivity contribution in [2.45, 2.75) is 0 Å². The molecule has 0 fully saturated rings. The van der Waals surface area contributed by atoms with Crippen LogP contribution in [0, 0.1) is 10.1 Å². The van der Waals surface area contributed by atoms with E-state index in [2.05, 4.69) is 0 Å². The normalized spacial score (nSPS) is 10.3. The second-order valence-electron chi connectivity index (χ2n) is 2.38. The Kier molecular flexibility index (Phi) is 1.71. The third kappa shape index (κ3) is 1.15. The molecule has 0 saturated carbocycles. The summed E-state index contributed by atoms with van der Waals surface area (Å²) in [6.45, 7) is 0. The van der Waals surface area contributed by atoms with Gasteiger partial charge < -0.3 is 0 Å². The van der Waals surface area contributed by atoms with E-state index in [1.807, 2.05) is 24.3 Å². The van der Waals surface area contributed by atoms with Crippen LogP contribution in [0.1, 0.15) is 0 Å². The molecule has 1 aromatic carbocycles. The molecule has 0 aliphatic carbocycles. The Morgan fingerprint density at radius 3 is 2.75 bits per heavy atom. The van der Waals surface area contributed by atoms with Crippen molar-refractivity contribution >= 4 is 28.7 Å². The molecule has 0 N–H and O–H groups in total. The van der Waals surface area contributed by atoms with E-state index in [-0.39, 0.29) is 19.4 Å². The Hall–Kier alpha value is -1.12. The molecule has 0 saturated heterocycles. The predicted octanol–water partition coefficient (Wildman–Crippen LogP) is 1.80. The minimum absolute atomic E-state index is 0.0971. The predicted molar refractivity (Wildman–Crippen MR) is 47.5 cm³/mol. The van der Waals surface area contributed by atoms with Crippen molar-refractivity contribution in [1.29, 1.82) is 0 Å². The monoisotopic (exact) mass is 227 g/mol. The fraction of sp³-hybridized carbons (Fsp3) is 0. The van der Waals surface area contributed by atoms with Gasteiger partial charge in [-0.1, -0.05) is 0 Å². The standard InChI is InChI=1S/C8H5NO2Se/c10-9(11)8-5-6-3-1-2-4-7(6)12-8/h1-5H. The van der Waals surface area contributed by atoms with Crippen LogP contribution in [0.3, 0.4) is 0 Å². The van der Waals surface area contributed by atoms with E-state index in [1.165, 1.54) is 0 Å². The summed E-state index contributed by atoms with van der Waals surface area (Å²) < 4.78 is 1.46. The molecule has 2 rings (SSSR count). The van der Waals surface area contributed by atoms with Crippen LogP contribution < -0.4 is 0 Å². The van der Waals surface area contributed by atoms with Gasteiger partial charge in [0, 0.05) is 0 Å². The van der Waals surface area contributed by atoms with Gasteiger partial charge >= 0.3 is 74.1 Å². The van der Waals surface area contributed by atoms with E-state index in [0.717, 1.165) is 9.65 Å². The molecule has 3 nitrogen and oxygen atoms in total. The molecular weight excluding hydrogens is 221 g/mol. The van der Waals surface area contributed by atoms with Crippen molar-refractivity contribution in [3.8, 4) is 0 Å². The fourth-order valence-corrected chi connectivity index (χ4v) is 2.90. The molecule has 2 aromatic rings. The molecule has 0 atom stereocenters. The third-order valence-electron chi connectivity index (χ3n) is 1.59. The number of hydrogen-bond donors (Lipinski definition) is 0. The zero-order valence-electron chi connectivity index (χ0n) is 6.06. The van der Waals surface area contributed by atoms with Crippen molar-refractivity contribution in [1.82, 2.24) is 0 Å². The topological polar surface area (TPSA) is 43.1 Å². The van der Waals surface area contributed by atoms with Crippen molar-refractivity contribution in [2.24, 2.45) is 0 Å². The van der Waals surface area contributed by atoms with Crippen LogP contribution >= 0.6 is 0 Å². The van der Waals surface area contributed by atoms with Gasteiger partial charge in [0.15, 0.2) is 0 Å². The molecule has 12 heavy (non-hydrogen) atoms. The quantitative estimate of drug-likeness (QED) is 0.422. The van der Waals surface area contributed by atoms with Crippen molar-refractivity contribution in [3.63, 3.8) is 0 Å². The van der Waals surface area contributed by atoms with Gasteiger partial charge in [0.05, 0.1) is 0 Å². The minimum atomic E-state index is -0.292. The fourth-order valence-electron chi connectivity index (χ4n) is 1.06. The van der Waals surface area contributed by atoms with Crippen LogP contribution in [-0.2, 0) is 0 Å². The van der Waals surface area contributed by atoms with Crippen LogP contribution in [0.25, 0.3) is 9.65 Å². The van der Waals surface area contributed by atoms with Crippen molar-refractivity contribution in [2.75, 3.05) is 0 Å². The molecule has 0 aliphatic rings. The van der Waals surface area contributed by atoms with Crippen LogP contribution in [0.4, 0.5) is 4.56 Å². The molecule has 4 heteroatoms. The maximum absolute atomic E-state index is 10.4. The summed E-state index contributed by atoms with van der Waals surface area (Å²) in [6.07, 6.45) is 0. The molecule has 0 unspecified atom stereocenters. The van der Waals surface area contributed by atoms with Crippen molar-refractivity contribution < 1.29 is 4.92 Å². The van der Waals surface area contributed by atoms with Gasteiger partial charge in [0.25, 0.3) is 0 Å². The number of hydrogen-bond acceptors (Lipinski definition) is 2. The summed E-state index contributed by atoms with van der Waals surface area (Å²) in [5.74, 6) is 0. The average molecular weight is 226 g/mol. The summed E-state index contributed by atoms with van der Waals surface area (Å²) in [5.41, 5.74) is 0. The molecule has 0 radical (unpaired) electrons. The van der Waals surface area contributed by atoms with Gasteiger partial charge in [-0.05, 0) is 0 Å². The first kappa shape index (κ1) is 7.52. The van der Waals surface area contributed by atoms with E-state index in [0.29, 0.717) is 4.56 Å².